The summed E-state index contributed by atoms with van der Waals surface area (Å²) in [6, 6.07) is 4.45. The van der Waals surface area contributed by atoms with E-state index in [4.69, 9.17) is 19.5 Å². The molecule has 116 valence electrons. The number of ether oxygens (including phenoxy) is 1. The van der Waals surface area contributed by atoms with Crippen molar-refractivity contribution in [2.75, 3.05) is 13.2 Å². The number of hydrogen-bond donors (Lipinski definition) is 2. The number of carboxylic acid groups (broad SMARTS) is 1. The lowest BCUT2D eigenvalue weighted by Crippen LogP contribution is -2.47. The average Bonchev–Trinajstić information content (AvgIpc) is 2.78. The molecule has 1 unspecified atom stereocenters. The van der Waals surface area contributed by atoms with E-state index in [0.29, 0.717) is 6.42 Å². The molecule has 1 aromatic rings. The third-order valence-electron chi connectivity index (χ3n) is 3.26. The molecule has 1 aromatic carbocycles. The highest BCUT2D eigenvalue weighted by atomic mass is 16.9. The highest BCUT2D eigenvalue weighted by Crippen LogP contribution is 2.33. The maximum atomic E-state index is 12.5. The molecule has 1 saturated heterocycles. The predicted molar refractivity (Wildman–Crippen MR) is 68.7 cm³/mol. The molecule has 0 radical (unpaired) electrons. The third-order valence-corrected chi connectivity index (χ3v) is 3.26. The lowest BCUT2D eigenvalue weighted by Gasteiger charge is -2.28. The van der Waals surface area contributed by atoms with Crippen molar-refractivity contribution in [1.29, 1.82) is 0 Å². The minimum Gasteiger partial charge on any atom is -0.481 e. The van der Waals surface area contributed by atoms with Gasteiger partial charge in [0, 0.05) is 6.42 Å². The van der Waals surface area contributed by atoms with E-state index in [0.717, 1.165) is 4.90 Å². The standard InChI is InChI=1S/C13H12N2O7/c16-10(17)6-20-8-3-1-2-7-11(8)13(19)15(12(7)18)9-4-5-21-14-22-9/h1-3,9,14H,4-6H2,(H,16,17). The third kappa shape index (κ3) is 2.41. The SMILES string of the molecule is O=C(O)COc1cccc2c1C(=O)N(C1CCONO1)C2=O. The molecule has 2 aliphatic heterocycles. The van der Waals surface area contributed by atoms with Gasteiger partial charge in [-0.1, -0.05) is 11.7 Å². The minimum atomic E-state index is -1.18. The lowest BCUT2D eigenvalue weighted by molar-refractivity contribution is -0.259. The fourth-order valence-corrected chi connectivity index (χ4v) is 2.33. The molecule has 9 nitrogen and oxygen atoms in total. The number of carbonyl (C=O) groups is 3. The van der Waals surface area contributed by atoms with E-state index in [1.807, 2.05) is 0 Å². The summed E-state index contributed by atoms with van der Waals surface area (Å²) in [6.07, 6.45) is -0.475. The van der Waals surface area contributed by atoms with Gasteiger partial charge in [0.2, 0.25) is 0 Å². The van der Waals surface area contributed by atoms with Crippen LogP contribution in [0.2, 0.25) is 0 Å². The van der Waals surface area contributed by atoms with Crippen LogP contribution in [0.4, 0.5) is 0 Å². The topological polar surface area (TPSA) is 114 Å². The van der Waals surface area contributed by atoms with E-state index in [-0.39, 0.29) is 23.5 Å². The fraction of sp³-hybridized carbons (Fsp3) is 0.308. The maximum absolute atomic E-state index is 12.5. The first-order valence-electron chi connectivity index (χ1n) is 6.47. The zero-order chi connectivity index (χ0) is 15.7. The molecule has 0 bridgehead atoms. The van der Waals surface area contributed by atoms with Gasteiger partial charge in [0.25, 0.3) is 11.8 Å². The van der Waals surface area contributed by atoms with Gasteiger partial charge in [0.05, 0.1) is 17.7 Å². The molecule has 0 saturated carbocycles. The second kappa shape index (κ2) is 5.72. The molecule has 1 atom stereocenters. The Hall–Kier alpha value is -2.49. The molecule has 3 rings (SSSR count). The minimum absolute atomic E-state index is 0.0452. The number of carboxylic acids is 1. The lowest BCUT2D eigenvalue weighted by atomic mass is 10.1. The summed E-state index contributed by atoms with van der Waals surface area (Å²) < 4.78 is 5.08. The second-order valence-electron chi connectivity index (χ2n) is 4.63. The molecule has 9 heteroatoms. The number of aliphatic carboxylic acids is 1. The Bertz CT molecular complexity index is 639. The Morgan fingerprint density at radius 3 is 2.91 bits per heavy atom. The molecular weight excluding hydrogens is 296 g/mol. The van der Waals surface area contributed by atoms with Crippen molar-refractivity contribution >= 4 is 17.8 Å². The van der Waals surface area contributed by atoms with Crippen molar-refractivity contribution < 1.29 is 33.9 Å². The molecular formula is C13H12N2O7. The number of amides is 2. The van der Waals surface area contributed by atoms with Crippen LogP contribution in [0.3, 0.4) is 0 Å². The Labute approximate surface area is 124 Å². The molecule has 2 heterocycles. The largest absolute Gasteiger partial charge is 0.481 e. The van der Waals surface area contributed by atoms with Crippen molar-refractivity contribution in [2.45, 2.75) is 12.6 Å². The van der Waals surface area contributed by atoms with Crippen LogP contribution in [0.25, 0.3) is 0 Å². The molecule has 0 aromatic heterocycles. The molecule has 0 spiro atoms. The fourth-order valence-electron chi connectivity index (χ4n) is 2.33. The number of fused-ring (bicyclic) bond motifs is 1. The Balaban J connectivity index is 1.91. The van der Waals surface area contributed by atoms with Gasteiger partial charge < -0.3 is 9.84 Å². The smallest absolute Gasteiger partial charge is 0.341 e. The summed E-state index contributed by atoms with van der Waals surface area (Å²) in [5.74, 6) is -2.23. The normalized spacial score (nSPS) is 20.9. The molecule has 0 aliphatic carbocycles. The van der Waals surface area contributed by atoms with Crippen LogP contribution in [0.5, 0.6) is 5.75 Å². The summed E-state index contributed by atoms with van der Waals surface area (Å²) in [5, 5.41) is 8.67. The highest BCUT2D eigenvalue weighted by Gasteiger charge is 2.43. The van der Waals surface area contributed by atoms with Gasteiger partial charge in [-0.25, -0.2) is 9.69 Å². The number of benzene rings is 1. The first-order chi connectivity index (χ1) is 10.6. The van der Waals surface area contributed by atoms with Gasteiger partial charge in [0.15, 0.2) is 12.8 Å². The van der Waals surface area contributed by atoms with Crippen molar-refractivity contribution in [3.8, 4) is 5.75 Å². The number of rotatable bonds is 4. The van der Waals surface area contributed by atoms with E-state index in [2.05, 4.69) is 5.64 Å². The molecule has 2 N–H and O–H groups in total. The van der Waals surface area contributed by atoms with Gasteiger partial charge in [0.1, 0.15) is 5.75 Å². The highest BCUT2D eigenvalue weighted by molar-refractivity contribution is 6.22. The Morgan fingerprint density at radius 1 is 1.41 bits per heavy atom. The summed E-state index contributed by atoms with van der Waals surface area (Å²) >= 11 is 0. The monoisotopic (exact) mass is 308 g/mol. The van der Waals surface area contributed by atoms with Crippen LogP contribution in [0.15, 0.2) is 18.2 Å². The van der Waals surface area contributed by atoms with Crippen LogP contribution in [0.1, 0.15) is 27.1 Å². The van der Waals surface area contributed by atoms with E-state index in [9.17, 15) is 14.4 Å². The summed E-state index contributed by atoms with van der Waals surface area (Å²) in [5.41, 5.74) is 2.38. The second-order valence-corrected chi connectivity index (χ2v) is 4.63. The first kappa shape index (κ1) is 14.4. The number of nitrogens with zero attached hydrogens (tertiary/aromatic N) is 1. The van der Waals surface area contributed by atoms with Crippen LogP contribution >= 0.6 is 0 Å². The van der Waals surface area contributed by atoms with Crippen LogP contribution in [-0.4, -0.2) is 47.2 Å². The van der Waals surface area contributed by atoms with Crippen LogP contribution in [0, 0.1) is 0 Å². The van der Waals surface area contributed by atoms with Gasteiger partial charge >= 0.3 is 5.97 Å². The predicted octanol–water partition coefficient (Wildman–Crippen LogP) is -0.0714. The quantitative estimate of drug-likeness (QED) is 0.743. The van der Waals surface area contributed by atoms with Gasteiger partial charge in [-0.15, -0.1) is 0 Å². The Morgan fingerprint density at radius 2 is 2.23 bits per heavy atom. The van der Waals surface area contributed by atoms with Crippen molar-refractivity contribution in [1.82, 2.24) is 10.5 Å². The first-order valence-corrected chi connectivity index (χ1v) is 6.47. The van der Waals surface area contributed by atoms with Gasteiger partial charge in [-0.3, -0.25) is 19.3 Å². The van der Waals surface area contributed by atoms with Crippen molar-refractivity contribution in [2.24, 2.45) is 0 Å². The number of nitrogens with one attached hydrogen (secondary N) is 1. The summed E-state index contributed by atoms with van der Waals surface area (Å²) in [7, 11) is 0. The molecule has 2 aliphatic rings. The van der Waals surface area contributed by atoms with E-state index < -0.39 is 30.6 Å². The van der Waals surface area contributed by atoms with E-state index >= 15 is 0 Å². The molecule has 2 amide bonds. The van der Waals surface area contributed by atoms with Crippen molar-refractivity contribution in [3.05, 3.63) is 29.3 Å². The summed E-state index contributed by atoms with van der Waals surface area (Å²) in [6.45, 7) is -0.326. The number of carbonyl (C=O) groups excluding carboxylic acids is 2. The Kier molecular flexibility index (Phi) is 3.75. The molecule has 1 fully saturated rings. The zero-order valence-corrected chi connectivity index (χ0v) is 11.3. The van der Waals surface area contributed by atoms with Crippen molar-refractivity contribution in [3.63, 3.8) is 0 Å². The van der Waals surface area contributed by atoms with E-state index in [1.54, 1.807) is 0 Å². The average molecular weight is 308 g/mol. The van der Waals surface area contributed by atoms with Crippen LogP contribution in [-0.2, 0) is 14.5 Å². The summed E-state index contributed by atoms with van der Waals surface area (Å²) in [4.78, 5) is 46.3. The van der Waals surface area contributed by atoms with Gasteiger partial charge in [-0.05, 0) is 12.1 Å². The number of imide groups is 1. The van der Waals surface area contributed by atoms with Gasteiger partial charge in [-0.2, -0.15) is 0 Å². The van der Waals surface area contributed by atoms with E-state index in [1.165, 1.54) is 18.2 Å². The number of hydrogen-bond acceptors (Lipinski definition) is 7. The zero-order valence-electron chi connectivity index (χ0n) is 11.3. The molecule has 22 heavy (non-hydrogen) atoms. The maximum Gasteiger partial charge on any atom is 0.341 e. The van der Waals surface area contributed by atoms with Crippen LogP contribution < -0.4 is 10.4 Å².